The second-order valence-electron chi connectivity index (χ2n) is 16.5. The number of thiazole rings is 1. The molecule has 0 radical (unpaired) electrons. The van der Waals surface area contributed by atoms with E-state index in [1.165, 1.54) is 16.2 Å². The molecule has 54 heavy (non-hydrogen) atoms. The number of nitrogens with one attached hydrogen (secondary N) is 2. The van der Waals surface area contributed by atoms with E-state index in [1.54, 1.807) is 25.7 Å². The summed E-state index contributed by atoms with van der Waals surface area (Å²) in [4.78, 5) is 77.8. The molecule has 4 amide bonds. The van der Waals surface area contributed by atoms with Gasteiger partial charge < -0.3 is 19.9 Å². The van der Waals surface area contributed by atoms with Crippen LogP contribution >= 0.6 is 11.3 Å². The Balaban J connectivity index is 1.17. The molecule has 0 spiro atoms. The van der Waals surface area contributed by atoms with Crippen molar-refractivity contribution in [2.24, 2.45) is 23.7 Å². The van der Waals surface area contributed by atoms with Crippen LogP contribution in [0.1, 0.15) is 88.4 Å². The van der Waals surface area contributed by atoms with Gasteiger partial charge in [0.2, 0.25) is 21.8 Å². The summed E-state index contributed by atoms with van der Waals surface area (Å²) in [5.41, 5.74) is -0.652. The molecule has 0 unspecified atom stereocenters. The van der Waals surface area contributed by atoms with Crippen LogP contribution in [-0.2, 0) is 33.9 Å². The highest BCUT2D eigenvalue weighted by Gasteiger charge is 2.63. The predicted octanol–water partition coefficient (Wildman–Crippen LogP) is 4.06. The largest absolute Gasteiger partial charge is 0.460 e. The maximum Gasteiger partial charge on any atom is 0.307 e. The van der Waals surface area contributed by atoms with Crippen LogP contribution in [-0.4, -0.2) is 94.9 Å². The van der Waals surface area contributed by atoms with Crippen LogP contribution in [0.15, 0.2) is 47.9 Å². The summed E-state index contributed by atoms with van der Waals surface area (Å²) >= 11 is 1.25. The topological polar surface area (TPSA) is 172 Å². The van der Waals surface area contributed by atoms with Crippen molar-refractivity contribution in [2.75, 3.05) is 19.6 Å². The highest BCUT2D eigenvalue weighted by atomic mass is 32.2. The third-order valence-electron chi connectivity index (χ3n) is 11.2. The van der Waals surface area contributed by atoms with Gasteiger partial charge in [-0.2, -0.15) is 0 Å². The van der Waals surface area contributed by atoms with Crippen molar-refractivity contribution < 1.29 is 37.1 Å². The fourth-order valence-corrected chi connectivity index (χ4v) is 10.4. The molecule has 4 fully saturated rings. The third kappa shape index (κ3) is 8.12. The summed E-state index contributed by atoms with van der Waals surface area (Å²) in [5.74, 6) is -4.32. The van der Waals surface area contributed by atoms with Crippen molar-refractivity contribution in [3.63, 3.8) is 0 Å². The van der Waals surface area contributed by atoms with E-state index in [9.17, 15) is 32.4 Å². The number of amides is 4. The molecule has 7 rings (SSSR count). The number of benzene rings is 1. The average molecular weight is 780 g/mol. The highest BCUT2D eigenvalue weighted by molar-refractivity contribution is 7.91. The Morgan fingerprint density at radius 1 is 1.04 bits per heavy atom. The second-order valence-corrected chi connectivity index (χ2v) is 19.3. The van der Waals surface area contributed by atoms with Gasteiger partial charge in [0.15, 0.2) is 5.01 Å². The lowest BCUT2D eigenvalue weighted by Crippen LogP contribution is -2.58. The van der Waals surface area contributed by atoms with E-state index in [-0.39, 0.29) is 43.7 Å². The minimum atomic E-state index is -3.89. The fraction of sp³-hybridized carbons (Fsp3) is 0.590. The second kappa shape index (κ2) is 14.9. The first-order chi connectivity index (χ1) is 25.6. The van der Waals surface area contributed by atoms with Gasteiger partial charge in [-0.3, -0.25) is 28.7 Å². The zero-order valence-electron chi connectivity index (χ0n) is 31.0. The number of ether oxygens (including phenoxy) is 1. The van der Waals surface area contributed by atoms with E-state index < -0.39 is 68.0 Å². The Morgan fingerprint density at radius 2 is 1.80 bits per heavy atom. The van der Waals surface area contributed by atoms with Gasteiger partial charge in [-0.05, 0) is 59.3 Å². The Kier molecular flexibility index (Phi) is 10.5. The first-order valence-electron chi connectivity index (χ1n) is 19.0. The molecular formula is C39H49N5O8S2. The Bertz CT molecular complexity index is 1940. The van der Waals surface area contributed by atoms with Crippen LogP contribution < -0.4 is 10.0 Å². The van der Waals surface area contributed by atoms with Crippen molar-refractivity contribution in [1.82, 2.24) is 24.8 Å². The van der Waals surface area contributed by atoms with E-state index in [4.69, 9.17) is 4.74 Å². The molecule has 0 bridgehead atoms. The zero-order chi connectivity index (χ0) is 38.4. The van der Waals surface area contributed by atoms with Gasteiger partial charge in [0.05, 0.1) is 17.4 Å². The lowest BCUT2D eigenvalue weighted by molar-refractivity contribution is -0.159. The first kappa shape index (κ1) is 38.2. The summed E-state index contributed by atoms with van der Waals surface area (Å²) in [5, 5.41) is 4.48. The highest BCUT2D eigenvalue weighted by Crippen LogP contribution is 2.47. The lowest BCUT2D eigenvalue weighted by Gasteiger charge is -2.32. The molecular weight excluding hydrogens is 731 g/mol. The molecule has 15 heteroatoms. The molecule has 1 aromatic carbocycles. The standard InChI is InChI=1S/C39H49N5O8S2/c1-38(2,3)52-31(45)18-25-14-8-5-4-6-11-15-27-19-39(27,37(49)42-54(50,51)28-16-17-28)41-33(46)32-29-22-43(20-26(29)21-44(32)35(25)47)36(48)34-40-30(23-53-34)24-12-9-7-10-13-24/h7,9-13,15,23,25-29,32H,4-6,8,14,16-22H2,1-3H3,(H,41,46)(H,42,49)/b15-11-/t25-,26-,27+,29-,32-,39+/m0/s1. The van der Waals surface area contributed by atoms with Gasteiger partial charge in [-0.25, -0.2) is 13.4 Å². The first-order valence-corrected chi connectivity index (χ1v) is 21.4. The number of allylic oxidation sites excluding steroid dienone is 1. The van der Waals surface area contributed by atoms with Gasteiger partial charge in [0.25, 0.3) is 11.8 Å². The van der Waals surface area contributed by atoms with Gasteiger partial charge in [-0.1, -0.05) is 55.3 Å². The van der Waals surface area contributed by atoms with Crippen LogP contribution in [0.25, 0.3) is 11.3 Å². The number of fused-ring (bicyclic) bond motifs is 4. The molecule has 13 nitrogen and oxygen atoms in total. The molecule has 1 aromatic heterocycles. The fourth-order valence-electron chi connectivity index (χ4n) is 8.20. The minimum Gasteiger partial charge on any atom is -0.460 e. The number of aromatic nitrogens is 1. The Morgan fingerprint density at radius 3 is 2.52 bits per heavy atom. The number of likely N-dealkylation sites (tertiary alicyclic amines) is 1. The number of esters is 1. The van der Waals surface area contributed by atoms with Gasteiger partial charge in [-0.15, -0.1) is 11.3 Å². The Hall–Kier alpha value is -4.11. The number of sulfonamides is 1. The number of rotatable bonds is 7. The van der Waals surface area contributed by atoms with Crippen molar-refractivity contribution in [3.8, 4) is 11.3 Å². The van der Waals surface area contributed by atoms with E-state index in [0.717, 1.165) is 18.4 Å². The summed E-state index contributed by atoms with van der Waals surface area (Å²) < 4.78 is 33.6. The number of nitrogens with zero attached hydrogens (tertiary/aromatic N) is 3. The zero-order valence-corrected chi connectivity index (χ0v) is 32.6. The number of carbonyl (C=O) groups is 5. The molecule has 3 aliphatic heterocycles. The van der Waals surface area contributed by atoms with Gasteiger partial charge in [0.1, 0.15) is 17.2 Å². The number of hydrogen-bond donors (Lipinski definition) is 2. The van der Waals surface area contributed by atoms with Crippen molar-refractivity contribution >= 4 is 51.0 Å². The molecule has 2 saturated heterocycles. The van der Waals surface area contributed by atoms with E-state index in [0.29, 0.717) is 49.4 Å². The van der Waals surface area contributed by atoms with Crippen molar-refractivity contribution in [1.29, 1.82) is 0 Å². The van der Waals surface area contributed by atoms with Crippen molar-refractivity contribution in [3.05, 3.63) is 52.9 Å². The van der Waals surface area contributed by atoms with Crippen LogP contribution in [0.3, 0.4) is 0 Å². The van der Waals surface area contributed by atoms with E-state index in [1.807, 2.05) is 47.9 Å². The maximum atomic E-state index is 14.6. The molecule has 4 heterocycles. The SMILES string of the molecule is CC(C)(C)OC(=O)C[C@@H]1CCCCC/C=C\[C@@H]2C[C@@]2(C(=O)NS(=O)(=O)C2CC2)NC(=O)[C@@H]2[C@H]3CN(C(=O)c4nc(-c5ccccc5)cs4)C[C@H]3CN2C1=O. The van der Waals surface area contributed by atoms with Gasteiger partial charge in [0, 0.05) is 54.2 Å². The molecule has 6 atom stereocenters. The molecule has 290 valence electrons. The summed E-state index contributed by atoms with van der Waals surface area (Å²) in [6.45, 7) is 5.97. The smallest absolute Gasteiger partial charge is 0.307 e. The van der Waals surface area contributed by atoms with E-state index in [2.05, 4.69) is 15.0 Å². The lowest BCUT2D eigenvalue weighted by atomic mass is 9.92. The summed E-state index contributed by atoms with van der Waals surface area (Å²) in [6.07, 6.45) is 8.35. The summed E-state index contributed by atoms with van der Waals surface area (Å²) in [7, 11) is -3.89. The summed E-state index contributed by atoms with van der Waals surface area (Å²) in [6, 6.07) is 8.51. The molecule has 2 saturated carbocycles. The van der Waals surface area contributed by atoms with Crippen LogP contribution in [0.4, 0.5) is 0 Å². The molecule has 2 N–H and O–H groups in total. The Labute approximate surface area is 320 Å². The molecule has 5 aliphatic rings. The van der Waals surface area contributed by atoms with Crippen LogP contribution in [0.5, 0.6) is 0 Å². The third-order valence-corrected chi connectivity index (χ3v) is 13.8. The molecule has 2 aliphatic carbocycles. The minimum absolute atomic E-state index is 0.137. The predicted molar refractivity (Wildman–Crippen MR) is 201 cm³/mol. The van der Waals surface area contributed by atoms with Crippen LogP contribution in [0.2, 0.25) is 0 Å². The monoisotopic (exact) mass is 779 g/mol. The van der Waals surface area contributed by atoms with Crippen LogP contribution in [0, 0.1) is 23.7 Å². The number of carbonyl (C=O) groups excluding carboxylic acids is 5. The number of hydrogen-bond acceptors (Lipinski definition) is 10. The van der Waals surface area contributed by atoms with E-state index >= 15 is 0 Å². The van der Waals surface area contributed by atoms with Gasteiger partial charge >= 0.3 is 5.97 Å². The maximum absolute atomic E-state index is 14.6. The molecule has 2 aromatic rings. The quantitative estimate of drug-likeness (QED) is 0.311. The average Bonchev–Trinajstić information content (AvgIpc) is 3.93. The normalized spacial score (nSPS) is 29.5. The van der Waals surface area contributed by atoms with Crippen molar-refractivity contribution in [2.45, 2.75) is 101 Å².